The van der Waals surface area contributed by atoms with Crippen molar-refractivity contribution in [1.29, 1.82) is 0 Å². The van der Waals surface area contributed by atoms with E-state index in [1.165, 1.54) is 11.3 Å². The lowest BCUT2D eigenvalue weighted by Gasteiger charge is -2.06. The average Bonchev–Trinajstić information content (AvgIpc) is 3.06. The first-order chi connectivity index (χ1) is 14.0. The summed E-state index contributed by atoms with van der Waals surface area (Å²) in [5.74, 6) is 0.336. The summed E-state index contributed by atoms with van der Waals surface area (Å²) in [6.45, 7) is 7.04. The summed E-state index contributed by atoms with van der Waals surface area (Å²) >= 11 is 14.0. The molecule has 1 amide bonds. The van der Waals surface area contributed by atoms with Crippen molar-refractivity contribution in [3.63, 3.8) is 0 Å². The van der Waals surface area contributed by atoms with Crippen LogP contribution in [0.5, 0.6) is 5.75 Å². The molecule has 0 unspecified atom stereocenters. The first kappa shape index (κ1) is 21.6. The summed E-state index contributed by atoms with van der Waals surface area (Å²) in [5.41, 5.74) is 1.23. The fourth-order valence-corrected chi connectivity index (χ4v) is 4.42. The minimum atomic E-state index is -0.337. The van der Waals surface area contributed by atoms with Crippen LogP contribution in [0.25, 0.3) is 10.2 Å². The lowest BCUT2D eigenvalue weighted by atomic mass is 10.2. The van der Waals surface area contributed by atoms with Crippen LogP contribution in [0, 0.1) is 0 Å². The molecule has 4 nitrogen and oxygen atoms in total. The fourth-order valence-electron chi connectivity index (χ4n) is 2.90. The number of carbonyl (C=O) groups excluding carboxylic acids is 1. The van der Waals surface area contributed by atoms with E-state index >= 15 is 0 Å². The summed E-state index contributed by atoms with van der Waals surface area (Å²) in [5, 5.41) is 0.902. The molecule has 0 saturated heterocycles. The van der Waals surface area contributed by atoms with Crippen LogP contribution in [-0.4, -0.2) is 17.1 Å². The van der Waals surface area contributed by atoms with E-state index < -0.39 is 0 Å². The largest absolute Gasteiger partial charge is 0.494 e. The topological polar surface area (TPSA) is 43.6 Å². The normalized spacial score (nSPS) is 11.8. The molecule has 0 saturated carbocycles. The second kappa shape index (κ2) is 10.1. The molecule has 1 aromatic heterocycles. The van der Waals surface area contributed by atoms with E-state index in [0.29, 0.717) is 39.3 Å². The summed E-state index contributed by atoms with van der Waals surface area (Å²) < 4.78 is 8.50. The minimum absolute atomic E-state index is 0.337. The van der Waals surface area contributed by atoms with E-state index in [1.807, 2.05) is 16.7 Å². The molecule has 0 fully saturated rings. The number of benzene rings is 2. The molecule has 1 heterocycles. The number of hydrogen-bond acceptors (Lipinski definition) is 3. The van der Waals surface area contributed by atoms with Gasteiger partial charge in [-0.15, -0.1) is 6.58 Å². The number of rotatable bonds is 8. The number of unbranched alkanes of at least 4 members (excludes halogenated alkanes) is 2. The zero-order chi connectivity index (χ0) is 20.8. The van der Waals surface area contributed by atoms with Crippen molar-refractivity contribution < 1.29 is 9.53 Å². The number of carbonyl (C=O) groups is 1. The molecular weight excluding hydrogens is 427 g/mol. The Morgan fingerprint density at radius 3 is 2.86 bits per heavy atom. The number of ether oxygens (including phenoxy) is 1. The Morgan fingerprint density at radius 1 is 1.28 bits per heavy atom. The SMILES string of the molecule is C=CCn1c(=NC(=O)c2cccc(OCCCCC)c2)sc2ccc(Cl)c(Cl)c21. The Morgan fingerprint density at radius 2 is 2.10 bits per heavy atom. The number of hydrogen-bond donors (Lipinski definition) is 0. The average molecular weight is 449 g/mol. The third-order valence-electron chi connectivity index (χ3n) is 4.34. The summed E-state index contributed by atoms with van der Waals surface area (Å²) in [7, 11) is 0. The molecule has 29 heavy (non-hydrogen) atoms. The van der Waals surface area contributed by atoms with Crippen molar-refractivity contribution in [2.75, 3.05) is 6.61 Å². The lowest BCUT2D eigenvalue weighted by molar-refractivity contribution is 0.0997. The molecule has 152 valence electrons. The molecule has 0 aliphatic rings. The second-order valence-corrected chi connectivity index (χ2v) is 8.29. The van der Waals surface area contributed by atoms with Gasteiger partial charge in [-0.25, -0.2) is 0 Å². The molecule has 0 aliphatic heterocycles. The zero-order valence-corrected chi connectivity index (χ0v) is 18.5. The maximum absolute atomic E-state index is 12.8. The number of halogens is 2. The van der Waals surface area contributed by atoms with E-state index in [0.717, 1.165) is 29.5 Å². The number of thiazole rings is 1. The van der Waals surface area contributed by atoms with Gasteiger partial charge in [-0.2, -0.15) is 4.99 Å². The number of aromatic nitrogens is 1. The van der Waals surface area contributed by atoms with Gasteiger partial charge in [0, 0.05) is 12.1 Å². The Hall–Kier alpha value is -2.08. The third kappa shape index (κ3) is 5.10. The van der Waals surface area contributed by atoms with Gasteiger partial charge in [0.2, 0.25) is 0 Å². The van der Waals surface area contributed by atoms with Gasteiger partial charge in [0.25, 0.3) is 5.91 Å². The minimum Gasteiger partial charge on any atom is -0.494 e. The lowest BCUT2D eigenvalue weighted by Crippen LogP contribution is -2.16. The molecule has 2 aromatic carbocycles. The van der Waals surface area contributed by atoms with Gasteiger partial charge in [-0.3, -0.25) is 4.79 Å². The highest BCUT2D eigenvalue weighted by Crippen LogP contribution is 2.32. The van der Waals surface area contributed by atoms with Crippen LogP contribution < -0.4 is 9.54 Å². The van der Waals surface area contributed by atoms with Crippen LogP contribution in [-0.2, 0) is 6.54 Å². The first-order valence-corrected chi connectivity index (χ1v) is 11.0. The summed E-state index contributed by atoms with van der Waals surface area (Å²) in [6, 6.07) is 10.7. The Balaban J connectivity index is 1.95. The predicted octanol–water partition coefficient (Wildman–Crippen LogP) is 6.51. The second-order valence-electron chi connectivity index (χ2n) is 6.49. The molecule has 0 radical (unpaired) electrons. The van der Waals surface area contributed by atoms with Crippen LogP contribution in [0.2, 0.25) is 10.0 Å². The smallest absolute Gasteiger partial charge is 0.279 e. The van der Waals surface area contributed by atoms with Crippen molar-refractivity contribution in [3.8, 4) is 5.75 Å². The third-order valence-corrected chi connectivity index (χ3v) is 6.18. The maximum Gasteiger partial charge on any atom is 0.279 e. The van der Waals surface area contributed by atoms with Crippen LogP contribution in [0.3, 0.4) is 0 Å². The molecule has 0 N–H and O–H groups in total. The van der Waals surface area contributed by atoms with Crippen LogP contribution in [0.4, 0.5) is 0 Å². The molecule has 3 rings (SSSR count). The highest BCUT2D eigenvalue weighted by atomic mass is 35.5. The molecular formula is C22H22Cl2N2O2S. The van der Waals surface area contributed by atoms with Crippen molar-refractivity contribution in [2.24, 2.45) is 4.99 Å². The van der Waals surface area contributed by atoms with E-state index in [-0.39, 0.29) is 5.91 Å². The zero-order valence-electron chi connectivity index (χ0n) is 16.2. The molecule has 7 heteroatoms. The Labute approximate surface area is 184 Å². The van der Waals surface area contributed by atoms with Crippen LogP contribution >= 0.6 is 34.5 Å². The fraction of sp³-hybridized carbons (Fsp3) is 0.273. The molecule has 0 atom stereocenters. The van der Waals surface area contributed by atoms with Gasteiger partial charge in [0.1, 0.15) is 5.75 Å². The highest BCUT2D eigenvalue weighted by Gasteiger charge is 2.13. The van der Waals surface area contributed by atoms with Gasteiger partial charge >= 0.3 is 0 Å². The first-order valence-electron chi connectivity index (χ1n) is 9.45. The number of fused-ring (bicyclic) bond motifs is 1. The highest BCUT2D eigenvalue weighted by molar-refractivity contribution is 7.16. The van der Waals surface area contributed by atoms with Crippen molar-refractivity contribution in [2.45, 2.75) is 32.7 Å². The number of nitrogens with zero attached hydrogens (tertiary/aromatic N) is 2. The summed E-state index contributed by atoms with van der Waals surface area (Å²) in [6.07, 6.45) is 4.98. The maximum atomic E-state index is 12.8. The standard InChI is InChI=1S/C22H22Cl2N2O2S/c1-3-5-6-13-28-16-9-7-8-15(14-16)21(27)25-22-26(12-4-2)20-18(29-22)11-10-17(23)19(20)24/h4,7-11,14H,2-3,5-6,12-13H2,1H3. The number of amides is 1. The van der Waals surface area contributed by atoms with Gasteiger partial charge in [0.15, 0.2) is 4.80 Å². The summed E-state index contributed by atoms with van der Waals surface area (Å²) in [4.78, 5) is 17.7. The molecule has 0 bridgehead atoms. The predicted molar refractivity (Wildman–Crippen MR) is 121 cm³/mol. The quantitative estimate of drug-likeness (QED) is 0.291. The van der Waals surface area contributed by atoms with Gasteiger partial charge in [-0.05, 0) is 36.8 Å². The van der Waals surface area contributed by atoms with Crippen molar-refractivity contribution >= 4 is 50.7 Å². The monoisotopic (exact) mass is 448 g/mol. The van der Waals surface area contributed by atoms with E-state index in [1.54, 1.807) is 30.3 Å². The van der Waals surface area contributed by atoms with Crippen molar-refractivity contribution in [3.05, 3.63) is 69.5 Å². The van der Waals surface area contributed by atoms with Gasteiger partial charge < -0.3 is 9.30 Å². The van der Waals surface area contributed by atoms with Crippen LogP contribution in [0.1, 0.15) is 36.5 Å². The van der Waals surface area contributed by atoms with Crippen LogP contribution in [0.15, 0.2) is 54.0 Å². The van der Waals surface area contributed by atoms with E-state index in [9.17, 15) is 4.79 Å². The Kier molecular flexibility index (Phi) is 7.53. The Bertz CT molecular complexity index is 1100. The van der Waals surface area contributed by atoms with Gasteiger partial charge in [-0.1, -0.05) is 66.4 Å². The van der Waals surface area contributed by atoms with Gasteiger partial charge in [0.05, 0.1) is 26.9 Å². The number of allylic oxidation sites excluding steroid dienone is 1. The molecule has 0 spiro atoms. The van der Waals surface area contributed by atoms with E-state index in [4.69, 9.17) is 27.9 Å². The van der Waals surface area contributed by atoms with E-state index in [2.05, 4.69) is 18.5 Å². The molecule has 0 aliphatic carbocycles. The van der Waals surface area contributed by atoms with Crippen molar-refractivity contribution in [1.82, 2.24) is 4.57 Å². The molecule has 3 aromatic rings.